The van der Waals surface area contributed by atoms with Gasteiger partial charge in [-0.05, 0) is 36.1 Å². The highest BCUT2D eigenvalue weighted by Gasteiger charge is 2.11. The van der Waals surface area contributed by atoms with E-state index in [-0.39, 0.29) is 0 Å². The minimum Gasteiger partial charge on any atom is -0.497 e. The van der Waals surface area contributed by atoms with Gasteiger partial charge in [0.2, 0.25) is 5.13 Å². The van der Waals surface area contributed by atoms with Crippen LogP contribution in [0, 0.1) is 6.92 Å². The van der Waals surface area contributed by atoms with Crippen molar-refractivity contribution in [3.63, 3.8) is 0 Å². The molecule has 0 unspecified atom stereocenters. The lowest BCUT2D eigenvalue weighted by Gasteiger charge is -2.08. The minimum absolute atomic E-state index is 0.726. The number of thiophene rings is 1. The van der Waals surface area contributed by atoms with Gasteiger partial charge in [-0.25, -0.2) is 4.98 Å². The van der Waals surface area contributed by atoms with Crippen LogP contribution in [0.4, 0.5) is 5.13 Å². The summed E-state index contributed by atoms with van der Waals surface area (Å²) in [6.07, 6.45) is 1.81. The van der Waals surface area contributed by atoms with E-state index < -0.39 is 0 Å². The largest absolute Gasteiger partial charge is 0.497 e. The third-order valence-corrected chi connectivity index (χ3v) is 5.13. The van der Waals surface area contributed by atoms with E-state index in [1.807, 2.05) is 35.2 Å². The SMILES string of the molecule is COc1ccc(-c2csc(N/N=C\c3sccc3C)n2)c(OC)c1. The number of nitrogens with zero attached hydrogens (tertiary/aromatic N) is 2. The smallest absolute Gasteiger partial charge is 0.203 e. The van der Waals surface area contributed by atoms with E-state index in [1.54, 1.807) is 25.6 Å². The van der Waals surface area contributed by atoms with Crippen molar-refractivity contribution in [2.75, 3.05) is 19.6 Å². The molecular weight excluding hydrogens is 342 g/mol. The zero-order chi connectivity index (χ0) is 16.9. The minimum atomic E-state index is 0.726. The van der Waals surface area contributed by atoms with Crippen LogP contribution >= 0.6 is 22.7 Å². The predicted molar refractivity (Wildman–Crippen MR) is 101 cm³/mol. The molecule has 0 spiro atoms. The van der Waals surface area contributed by atoms with Crippen molar-refractivity contribution in [3.05, 3.63) is 45.5 Å². The standard InChI is InChI=1S/C17H17N3O2S2/c1-11-6-7-23-16(11)9-18-20-17-19-14(10-24-17)13-5-4-12(21-2)8-15(13)22-3/h4-10H,1-3H3,(H,19,20)/b18-9-. The van der Waals surface area contributed by atoms with Crippen LogP contribution in [0.5, 0.6) is 11.5 Å². The van der Waals surface area contributed by atoms with Gasteiger partial charge in [0, 0.05) is 21.9 Å². The van der Waals surface area contributed by atoms with Gasteiger partial charge in [0.15, 0.2) is 0 Å². The van der Waals surface area contributed by atoms with Crippen molar-refractivity contribution in [1.29, 1.82) is 0 Å². The van der Waals surface area contributed by atoms with Gasteiger partial charge in [0.05, 0.1) is 26.1 Å². The van der Waals surface area contributed by atoms with Crippen molar-refractivity contribution in [1.82, 2.24) is 4.98 Å². The number of nitrogens with one attached hydrogen (secondary N) is 1. The van der Waals surface area contributed by atoms with Crippen molar-refractivity contribution in [2.24, 2.45) is 5.10 Å². The molecule has 2 heterocycles. The monoisotopic (exact) mass is 359 g/mol. The highest BCUT2D eigenvalue weighted by Crippen LogP contribution is 2.34. The molecule has 0 saturated heterocycles. The van der Waals surface area contributed by atoms with E-state index in [9.17, 15) is 0 Å². The van der Waals surface area contributed by atoms with E-state index in [0.29, 0.717) is 0 Å². The van der Waals surface area contributed by atoms with Gasteiger partial charge in [0.1, 0.15) is 11.5 Å². The zero-order valence-electron chi connectivity index (χ0n) is 13.6. The van der Waals surface area contributed by atoms with E-state index in [1.165, 1.54) is 16.9 Å². The molecule has 24 heavy (non-hydrogen) atoms. The number of methoxy groups -OCH3 is 2. The lowest BCUT2D eigenvalue weighted by Crippen LogP contribution is -1.92. The number of anilines is 1. The molecule has 0 fully saturated rings. The van der Waals surface area contributed by atoms with Crippen molar-refractivity contribution < 1.29 is 9.47 Å². The number of thiazole rings is 1. The van der Waals surface area contributed by atoms with Crippen LogP contribution in [-0.4, -0.2) is 25.4 Å². The molecule has 1 aromatic carbocycles. The fourth-order valence-corrected chi connectivity index (χ4v) is 3.57. The fourth-order valence-electron chi connectivity index (χ4n) is 2.12. The normalized spacial score (nSPS) is 11.0. The summed E-state index contributed by atoms with van der Waals surface area (Å²) in [6, 6.07) is 7.75. The Hall–Kier alpha value is -2.38. The van der Waals surface area contributed by atoms with Crippen LogP contribution in [0.1, 0.15) is 10.4 Å². The third-order valence-electron chi connectivity index (χ3n) is 3.43. The summed E-state index contributed by atoms with van der Waals surface area (Å²) in [4.78, 5) is 5.70. The predicted octanol–water partition coefficient (Wildman–Crippen LogP) is 4.64. The molecule has 0 aliphatic carbocycles. The van der Waals surface area contributed by atoms with Gasteiger partial charge in [-0.2, -0.15) is 5.10 Å². The zero-order valence-corrected chi connectivity index (χ0v) is 15.2. The molecule has 1 N–H and O–H groups in total. The number of hydrogen-bond donors (Lipinski definition) is 1. The molecule has 0 aliphatic rings. The van der Waals surface area contributed by atoms with Gasteiger partial charge in [-0.15, -0.1) is 22.7 Å². The first-order valence-corrected chi connectivity index (χ1v) is 8.98. The van der Waals surface area contributed by atoms with Crippen LogP contribution in [0.3, 0.4) is 0 Å². The number of aromatic nitrogens is 1. The lowest BCUT2D eigenvalue weighted by molar-refractivity contribution is 0.395. The molecular formula is C17H17N3O2S2. The Labute approximate surface area is 148 Å². The molecule has 0 atom stereocenters. The number of hydrogen-bond acceptors (Lipinski definition) is 7. The van der Waals surface area contributed by atoms with Crippen LogP contribution in [0.2, 0.25) is 0 Å². The van der Waals surface area contributed by atoms with Crippen LogP contribution < -0.4 is 14.9 Å². The molecule has 3 aromatic rings. The van der Waals surface area contributed by atoms with Gasteiger partial charge in [0.25, 0.3) is 0 Å². The maximum Gasteiger partial charge on any atom is 0.203 e. The Bertz CT molecular complexity index is 855. The summed E-state index contributed by atoms with van der Waals surface area (Å²) in [7, 11) is 3.27. The summed E-state index contributed by atoms with van der Waals surface area (Å²) >= 11 is 3.16. The molecule has 3 rings (SSSR count). The molecule has 0 saturated carbocycles. The van der Waals surface area contributed by atoms with E-state index >= 15 is 0 Å². The quantitative estimate of drug-likeness (QED) is 0.514. The van der Waals surface area contributed by atoms with Crippen molar-refractivity contribution in [2.45, 2.75) is 6.92 Å². The summed E-state index contributed by atoms with van der Waals surface area (Å²) in [5, 5.41) is 9.00. The second-order valence-corrected chi connectivity index (χ2v) is 6.75. The molecule has 0 aliphatic heterocycles. The maximum atomic E-state index is 5.43. The Morgan fingerprint density at radius 2 is 2.04 bits per heavy atom. The Kier molecular flexibility index (Phi) is 5.12. The molecule has 5 nitrogen and oxygen atoms in total. The fraction of sp³-hybridized carbons (Fsp3) is 0.176. The Morgan fingerprint density at radius 3 is 2.75 bits per heavy atom. The first-order chi connectivity index (χ1) is 11.7. The average Bonchev–Trinajstić information content (AvgIpc) is 3.24. The molecule has 0 radical (unpaired) electrons. The van der Waals surface area contributed by atoms with Crippen molar-refractivity contribution >= 4 is 34.0 Å². The highest BCUT2D eigenvalue weighted by molar-refractivity contribution is 7.14. The van der Waals surface area contributed by atoms with Crippen LogP contribution in [-0.2, 0) is 0 Å². The van der Waals surface area contributed by atoms with Crippen LogP contribution in [0.25, 0.3) is 11.3 Å². The van der Waals surface area contributed by atoms with E-state index in [0.717, 1.165) is 32.8 Å². The third kappa shape index (κ3) is 3.58. The Balaban J connectivity index is 1.76. The van der Waals surface area contributed by atoms with Gasteiger partial charge < -0.3 is 9.47 Å². The van der Waals surface area contributed by atoms with Gasteiger partial charge in [-0.1, -0.05) is 0 Å². The summed E-state index contributed by atoms with van der Waals surface area (Å²) in [5.74, 6) is 1.48. The van der Waals surface area contributed by atoms with Gasteiger partial charge >= 0.3 is 0 Å². The number of aryl methyl sites for hydroxylation is 1. The first kappa shape index (κ1) is 16.5. The number of hydrazone groups is 1. The highest BCUT2D eigenvalue weighted by atomic mass is 32.1. The second-order valence-electron chi connectivity index (χ2n) is 4.94. The van der Waals surface area contributed by atoms with E-state index in [2.05, 4.69) is 28.5 Å². The summed E-state index contributed by atoms with van der Waals surface area (Å²) in [6.45, 7) is 2.06. The number of rotatable bonds is 6. The average molecular weight is 359 g/mol. The topological polar surface area (TPSA) is 55.7 Å². The summed E-state index contributed by atoms with van der Waals surface area (Å²) < 4.78 is 10.7. The first-order valence-electron chi connectivity index (χ1n) is 7.22. The Morgan fingerprint density at radius 1 is 1.17 bits per heavy atom. The number of ether oxygens (including phenoxy) is 2. The molecule has 2 aromatic heterocycles. The second kappa shape index (κ2) is 7.46. The van der Waals surface area contributed by atoms with E-state index in [4.69, 9.17) is 9.47 Å². The molecule has 124 valence electrons. The lowest BCUT2D eigenvalue weighted by atomic mass is 10.1. The van der Waals surface area contributed by atoms with Gasteiger partial charge in [-0.3, -0.25) is 5.43 Å². The molecule has 0 amide bonds. The maximum absolute atomic E-state index is 5.43. The van der Waals surface area contributed by atoms with Crippen LogP contribution in [0.15, 0.2) is 40.1 Å². The molecule has 0 bridgehead atoms. The molecule has 7 heteroatoms. The number of benzene rings is 1. The summed E-state index contributed by atoms with van der Waals surface area (Å²) in [5.41, 5.74) is 5.95. The van der Waals surface area contributed by atoms with Crippen molar-refractivity contribution in [3.8, 4) is 22.8 Å².